The highest BCUT2D eigenvalue weighted by molar-refractivity contribution is 5.96. The molecule has 1 saturated carbocycles. The number of carboxylic acid groups (broad SMARTS) is 1. The molecule has 2 N–H and O–H groups in total. The van der Waals surface area contributed by atoms with E-state index < -0.39 is 5.97 Å². The van der Waals surface area contributed by atoms with Gasteiger partial charge in [-0.05, 0) is 49.2 Å². The first kappa shape index (κ1) is 13.4. The number of aromatic carboxylic acids is 1. The predicted octanol–water partition coefficient (Wildman–Crippen LogP) is 3.03. The number of anilines is 1. The second-order valence-corrected chi connectivity index (χ2v) is 5.29. The molecule has 0 saturated heterocycles. The molecule has 1 aliphatic carbocycles. The van der Waals surface area contributed by atoms with E-state index in [0.29, 0.717) is 11.3 Å². The molecule has 1 aliphatic rings. The van der Waals surface area contributed by atoms with E-state index in [1.54, 1.807) is 25.3 Å². The largest absolute Gasteiger partial charge is 0.478 e. The van der Waals surface area contributed by atoms with E-state index in [9.17, 15) is 9.59 Å². The van der Waals surface area contributed by atoms with Crippen molar-refractivity contribution in [1.29, 1.82) is 0 Å². The summed E-state index contributed by atoms with van der Waals surface area (Å²) < 4.78 is 5.30. The maximum absolute atomic E-state index is 12.1. The molecule has 0 unspecified atom stereocenters. The molecule has 108 valence electrons. The summed E-state index contributed by atoms with van der Waals surface area (Å²) in [5.41, 5.74) is 1.49. The number of benzene rings is 1. The van der Waals surface area contributed by atoms with Crippen LogP contribution >= 0.6 is 0 Å². The molecule has 21 heavy (non-hydrogen) atoms. The summed E-state index contributed by atoms with van der Waals surface area (Å²) in [4.78, 5) is 23.1. The minimum Gasteiger partial charge on any atom is -0.478 e. The Kier molecular flexibility index (Phi) is 3.25. The maximum atomic E-state index is 12.1. The molecule has 1 amide bonds. The lowest BCUT2D eigenvalue weighted by molar-refractivity contribution is -0.117. The van der Waals surface area contributed by atoms with Crippen LogP contribution < -0.4 is 5.32 Å². The van der Waals surface area contributed by atoms with Crippen LogP contribution in [-0.2, 0) is 4.79 Å². The quantitative estimate of drug-likeness (QED) is 0.905. The summed E-state index contributed by atoms with van der Waals surface area (Å²) in [6.45, 7) is 1.71. The predicted molar refractivity (Wildman–Crippen MR) is 76.3 cm³/mol. The highest BCUT2D eigenvalue weighted by Gasteiger charge is 2.45. The van der Waals surface area contributed by atoms with Crippen LogP contribution in [0.1, 0.15) is 34.0 Å². The molecular weight excluding hydrogens is 270 g/mol. The van der Waals surface area contributed by atoms with E-state index in [4.69, 9.17) is 9.52 Å². The molecule has 1 aromatic heterocycles. The van der Waals surface area contributed by atoms with Crippen molar-refractivity contribution in [3.63, 3.8) is 0 Å². The second-order valence-electron chi connectivity index (χ2n) is 5.29. The highest BCUT2D eigenvalue weighted by Crippen LogP contribution is 2.48. The Morgan fingerprint density at radius 3 is 2.76 bits per heavy atom. The third-order valence-corrected chi connectivity index (χ3v) is 3.76. The number of furan rings is 1. The van der Waals surface area contributed by atoms with E-state index in [2.05, 4.69) is 5.32 Å². The molecule has 0 aliphatic heterocycles. The lowest BCUT2D eigenvalue weighted by Crippen LogP contribution is -2.15. The smallest absolute Gasteiger partial charge is 0.335 e. The van der Waals surface area contributed by atoms with Crippen LogP contribution in [0.2, 0.25) is 0 Å². The molecule has 0 bridgehead atoms. The van der Waals surface area contributed by atoms with Gasteiger partial charge in [0.25, 0.3) is 0 Å². The summed E-state index contributed by atoms with van der Waals surface area (Å²) >= 11 is 0. The number of hydrogen-bond donors (Lipinski definition) is 2. The zero-order valence-electron chi connectivity index (χ0n) is 11.5. The van der Waals surface area contributed by atoms with Crippen LogP contribution in [0.4, 0.5) is 5.69 Å². The van der Waals surface area contributed by atoms with Crippen LogP contribution in [0.3, 0.4) is 0 Å². The number of aryl methyl sites for hydroxylation is 1. The van der Waals surface area contributed by atoms with E-state index in [1.165, 1.54) is 6.07 Å². The van der Waals surface area contributed by atoms with Gasteiger partial charge in [-0.1, -0.05) is 0 Å². The molecule has 2 aromatic rings. The Hall–Kier alpha value is -2.56. The Bertz CT molecular complexity index is 690. The summed E-state index contributed by atoms with van der Waals surface area (Å²) in [6, 6.07) is 8.48. The van der Waals surface area contributed by atoms with Crippen molar-refractivity contribution >= 4 is 17.6 Å². The minimum absolute atomic E-state index is 0.0566. The molecule has 5 heteroatoms. The van der Waals surface area contributed by atoms with Gasteiger partial charge in [0.1, 0.15) is 5.76 Å². The summed E-state index contributed by atoms with van der Waals surface area (Å²) in [7, 11) is 0. The molecule has 5 nitrogen and oxygen atoms in total. The highest BCUT2D eigenvalue weighted by atomic mass is 16.4. The summed E-state index contributed by atoms with van der Waals surface area (Å²) in [6.07, 6.45) is 2.39. The van der Waals surface area contributed by atoms with Gasteiger partial charge in [-0.2, -0.15) is 0 Å². The number of carbonyl (C=O) groups is 2. The molecule has 0 radical (unpaired) electrons. The van der Waals surface area contributed by atoms with E-state index in [-0.39, 0.29) is 23.3 Å². The Morgan fingerprint density at radius 1 is 1.33 bits per heavy atom. The molecule has 3 rings (SSSR count). The second kappa shape index (κ2) is 5.09. The van der Waals surface area contributed by atoms with Gasteiger partial charge in [0.15, 0.2) is 0 Å². The molecule has 0 spiro atoms. The van der Waals surface area contributed by atoms with Crippen LogP contribution in [0, 0.1) is 12.8 Å². The zero-order chi connectivity index (χ0) is 15.0. The van der Waals surface area contributed by atoms with Gasteiger partial charge in [0.05, 0.1) is 11.8 Å². The lowest BCUT2D eigenvalue weighted by Gasteiger charge is -2.07. The Balaban J connectivity index is 1.66. The van der Waals surface area contributed by atoms with Gasteiger partial charge >= 0.3 is 5.97 Å². The summed E-state index contributed by atoms with van der Waals surface area (Å²) in [5, 5.41) is 11.8. The van der Waals surface area contributed by atoms with E-state index in [0.717, 1.165) is 12.2 Å². The Morgan fingerprint density at radius 2 is 2.14 bits per heavy atom. The van der Waals surface area contributed by atoms with Crippen LogP contribution in [-0.4, -0.2) is 17.0 Å². The van der Waals surface area contributed by atoms with Crippen molar-refractivity contribution in [3.8, 4) is 0 Å². The fourth-order valence-corrected chi connectivity index (χ4v) is 2.52. The third kappa shape index (κ3) is 2.67. The van der Waals surface area contributed by atoms with Crippen LogP contribution in [0.15, 0.2) is 41.0 Å². The van der Waals surface area contributed by atoms with Crippen LogP contribution in [0.5, 0.6) is 0 Å². The fourth-order valence-electron chi connectivity index (χ4n) is 2.52. The van der Waals surface area contributed by atoms with Crippen molar-refractivity contribution in [2.45, 2.75) is 19.3 Å². The Labute approximate surface area is 121 Å². The average molecular weight is 285 g/mol. The van der Waals surface area contributed by atoms with Gasteiger partial charge in [0.2, 0.25) is 5.91 Å². The van der Waals surface area contributed by atoms with E-state index >= 15 is 0 Å². The SMILES string of the molecule is Cc1cc(NC(=O)[C@H]2C[C@H]2c2ccco2)ccc1C(=O)O. The van der Waals surface area contributed by atoms with Crippen molar-refractivity contribution in [3.05, 3.63) is 53.5 Å². The molecule has 1 heterocycles. The van der Waals surface area contributed by atoms with Crippen molar-refractivity contribution < 1.29 is 19.1 Å². The number of carbonyl (C=O) groups excluding carboxylic acids is 1. The van der Waals surface area contributed by atoms with Crippen molar-refractivity contribution in [2.24, 2.45) is 5.92 Å². The molecule has 1 fully saturated rings. The van der Waals surface area contributed by atoms with Gasteiger partial charge in [-0.3, -0.25) is 4.79 Å². The number of amides is 1. The number of nitrogens with one attached hydrogen (secondary N) is 1. The summed E-state index contributed by atoms with van der Waals surface area (Å²) in [5.74, 6) is -0.105. The third-order valence-electron chi connectivity index (χ3n) is 3.76. The van der Waals surface area contributed by atoms with Gasteiger partial charge < -0.3 is 14.8 Å². The number of hydrogen-bond acceptors (Lipinski definition) is 3. The standard InChI is InChI=1S/C16H15NO4/c1-9-7-10(4-5-11(9)16(19)20)17-15(18)13-8-12(13)14-3-2-6-21-14/h2-7,12-13H,8H2,1H3,(H,17,18)(H,19,20)/t12-,13+/m1/s1. The first-order chi connectivity index (χ1) is 10.1. The minimum atomic E-state index is -0.967. The fraction of sp³-hybridized carbons (Fsp3) is 0.250. The monoisotopic (exact) mass is 285 g/mol. The van der Waals surface area contributed by atoms with Gasteiger partial charge in [-0.15, -0.1) is 0 Å². The average Bonchev–Trinajstić information content (AvgIpc) is 3.05. The van der Waals surface area contributed by atoms with Gasteiger partial charge in [0, 0.05) is 17.5 Å². The molecule has 2 atom stereocenters. The maximum Gasteiger partial charge on any atom is 0.335 e. The van der Waals surface area contributed by atoms with E-state index in [1.807, 2.05) is 12.1 Å². The first-order valence-electron chi connectivity index (χ1n) is 6.74. The topological polar surface area (TPSA) is 79.5 Å². The number of carboxylic acids is 1. The van der Waals surface area contributed by atoms with Crippen LogP contribution in [0.25, 0.3) is 0 Å². The normalized spacial score (nSPS) is 20.0. The first-order valence-corrected chi connectivity index (χ1v) is 6.74. The number of rotatable bonds is 4. The lowest BCUT2D eigenvalue weighted by atomic mass is 10.1. The van der Waals surface area contributed by atoms with Crippen molar-refractivity contribution in [1.82, 2.24) is 0 Å². The zero-order valence-corrected chi connectivity index (χ0v) is 11.5. The van der Waals surface area contributed by atoms with Gasteiger partial charge in [-0.25, -0.2) is 4.79 Å². The molecule has 1 aromatic carbocycles. The molecular formula is C16H15NO4. The van der Waals surface area contributed by atoms with Crippen molar-refractivity contribution in [2.75, 3.05) is 5.32 Å².